The summed E-state index contributed by atoms with van der Waals surface area (Å²) in [5.74, 6) is 0. The minimum absolute atomic E-state index is 0.193. The van der Waals surface area contributed by atoms with E-state index in [4.69, 9.17) is 5.73 Å². The van der Waals surface area contributed by atoms with Crippen molar-refractivity contribution in [2.45, 2.75) is 18.9 Å². The Morgan fingerprint density at radius 2 is 1.85 bits per heavy atom. The summed E-state index contributed by atoms with van der Waals surface area (Å²) in [5.41, 5.74) is 11.5. The predicted molar refractivity (Wildman–Crippen MR) is 82.4 cm³/mol. The quantitative estimate of drug-likeness (QED) is 0.721. The first-order chi connectivity index (χ1) is 9.84. The molecule has 0 saturated carbocycles. The largest absolute Gasteiger partial charge is 0.324 e. The van der Waals surface area contributed by atoms with Crippen molar-refractivity contribution in [3.8, 4) is 11.1 Å². The van der Waals surface area contributed by atoms with Gasteiger partial charge in [0.1, 0.15) is 0 Å². The van der Waals surface area contributed by atoms with E-state index in [0.29, 0.717) is 0 Å². The average Bonchev–Trinajstić information content (AvgIpc) is 2.88. The maximum absolute atomic E-state index is 6.19. The minimum Gasteiger partial charge on any atom is -0.324 e. The molecule has 0 spiro atoms. The van der Waals surface area contributed by atoms with Crippen molar-refractivity contribution in [2.24, 2.45) is 5.73 Å². The molecule has 1 aliphatic carbocycles. The minimum atomic E-state index is 0.193. The molecular weight excluding hydrogens is 244 g/mol. The molecule has 2 aromatic carbocycles. The lowest BCUT2D eigenvalue weighted by Gasteiger charge is -2.12. The topological polar surface area (TPSA) is 38.9 Å². The molecule has 0 amide bonds. The van der Waals surface area contributed by atoms with E-state index in [1.54, 1.807) is 0 Å². The van der Waals surface area contributed by atoms with Crippen molar-refractivity contribution < 1.29 is 0 Å². The van der Waals surface area contributed by atoms with Crippen molar-refractivity contribution in [1.82, 2.24) is 4.98 Å². The molecule has 20 heavy (non-hydrogen) atoms. The normalized spacial score (nSPS) is 17.4. The predicted octanol–water partition coefficient (Wildman–Crippen LogP) is 3.85. The third-order valence-corrected chi connectivity index (χ3v) is 4.29. The Morgan fingerprint density at radius 1 is 1.00 bits per heavy atom. The molecule has 1 aliphatic rings. The number of aromatic nitrogens is 1. The fraction of sp³-hybridized carbons (Fsp3) is 0.167. The fourth-order valence-electron chi connectivity index (χ4n) is 3.29. The van der Waals surface area contributed by atoms with E-state index in [-0.39, 0.29) is 6.04 Å². The van der Waals surface area contributed by atoms with Crippen molar-refractivity contribution in [3.63, 3.8) is 0 Å². The van der Waals surface area contributed by atoms with E-state index in [2.05, 4.69) is 47.4 Å². The molecule has 1 atom stereocenters. The van der Waals surface area contributed by atoms with Crippen LogP contribution in [0.4, 0.5) is 0 Å². The van der Waals surface area contributed by atoms with Crippen molar-refractivity contribution in [1.29, 1.82) is 0 Å². The summed E-state index contributed by atoms with van der Waals surface area (Å²) in [7, 11) is 0. The Morgan fingerprint density at radius 3 is 2.80 bits per heavy atom. The number of pyridine rings is 1. The lowest BCUT2D eigenvalue weighted by molar-refractivity contribution is 0.713. The van der Waals surface area contributed by atoms with Crippen LogP contribution in [0.15, 0.2) is 54.9 Å². The first-order valence-electron chi connectivity index (χ1n) is 7.05. The molecule has 2 nitrogen and oxygen atoms in total. The molecule has 98 valence electrons. The highest BCUT2D eigenvalue weighted by Gasteiger charge is 2.22. The highest BCUT2D eigenvalue weighted by molar-refractivity contribution is 5.97. The molecule has 0 saturated heterocycles. The van der Waals surface area contributed by atoms with Gasteiger partial charge in [0.2, 0.25) is 0 Å². The van der Waals surface area contributed by atoms with Crippen molar-refractivity contribution >= 4 is 10.8 Å². The van der Waals surface area contributed by atoms with E-state index in [9.17, 15) is 0 Å². The molecule has 2 heteroatoms. The number of rotatable bonds is 1. The second-order valence-electron chi connectivity index (χ2n) is 5.42. The van der Waals surface area contributed by atoms with E-state index >= 15 is 0 Å². The van der Waals surface area contributed by atoms with Crippen LogP contribution in [0.5, 0.6) is 0 Å². The third-order valence-electron chi connectivity index (χ3n) is 4.29. The van der Waals surface area contributed by atoms with Gasteiger partial charge in [0.25, 0.3) is 0 Å². The van der Waals surface area contributed by atoms with Gasteiger partial charge in [-0.15, -0.1) is 0 Å². The van der Waals surface area contributed by atoms with Crippen molar-refractivity contribution in [3.05, 3.63) is 66.0 Å². The number of nitrogens with two attached hydrogens (primary N) is 1. The summed E-state index contributed by atoms with van der Waals surface area (Å²) in [6.07, 6.45) is 5.93. The van der Waals surface area contributed by atoms with Gasteiger partial charge in [0.05, 0.1) is 0 Å². The van der Waals surface area contributed by atoms with E-state index in [0.717, 1.165) is 12.8 Å². The molecule has 0 aliphatic heterocycles. The number of hydrogen-bond acceptors (Lipinski definition) is 2. The van der Waals surface area contributed by atoms with E-state index < -0.39 is 0 Å². The monoisotopic (exact) mass is 260 g/mol. The van der Waals surface area contributed by atoms with Gasteiger partial charge < -0.3 is 5.73 Å². The summed E-state index contributed by atoms with van der Waals surface area (Å²) in [5, 5.41) is 2.45. The van der Waals surface area contributed by atoms with Crippen molar-refractivity contribution in [2.75, 3.05) is 0 Å². The second-order valence-corrected chi connectivity index (χ2v) is 5.42. The highest BCUT2D eigenvalue weighted by atomic mass is 14.6. The summed E-state index contributed by atoms with van der Waals surface area (Å²) < 4.78 is 0. The SMILES string of the molecule is NC1CCc2c(-c3cccc4ccncc34)cccc21. The molecule has 0 radical (unpaired) electrons. The Kier molecular flexibility index (Phi) is 2.57. The van der Waals surface area contributed by atoms with E-state index in [1.165, 1.54) is 33.0 Å². The molecule has 1 unspecified atom stereocenters. The van der Waals surface area contributed by atoms with Gasteiger partial charge in [-0.25, -0.2) is 0 Å². The molecule has 3 aromatic rings. The Labute approximate surface area is 118 Å². The number of benzene rings is 2. The third kappa shape index (κ3) is 1.65. The second kappa shape index (κ2) is 4.43. The van der Waals surface area contributed by atoms with Crippen LogP contribution in [0.2, 0.25) is 0 Å². The van der Waals surface area contributed by atoms with Gasteiger partial charge in [0, 0.05) is 23.8 Å². The smallest absolute Gasteiger partial charge is 0.0352 e. The molecule has 1 aromatic heterocycles. The van der Waals surface area contributed by atoms with E-state index in [1.807, 2.05) is 12.4 Å². The maximum Gasteiger partial charge on any atom is 0.0352 e. The van der Waals surface area contributed by atoms with Gasteiger partial charge in [-0.1, -0.05) is 36.4 Å². The van der Waals surface area contributed by atoms with Crippen LogP contribution in [-0.4, -0.2) is 4.98 Å². The number of nitrogens with zero attached hydrogens (tertiary/aromatic N) is 1. The number of hydrogen-bond donors (Lipinski definition) is 1. The van der Waals surface area contributed by atoms with Crippen LogP contribution >= 0.6 is 0 Å². The Balaban J connectivity index is 2.02. The van der Waals surface area contributed by atoms with Crippen LogP contribution < -0.4 is 5.73 Å². The zero-order valence-corrected chi connectivity index (χ0v) is 11.2. The molecule has 2 N–H and O–H groups in total. The molecule has 0 fully saturated rings. The van der Waals surface area contributed by atoms with Crippen LogP contribution in [0.1, 0.15) is 23.6 Å². The average molecular weight is 260 g/mol. The summed E-state index contributed by atoms with van der Waals surface area (Å²) in [6, 6.07) is 15.2. The van der Waals surface area contributed by atoms with Gasteiger partial charge in [0.15, 0.2) is 0 Å². The molecule has 1 heterocycles. The summed E-state index contributed by atoms with van der Waals surface area (Å²) >= 11 is 0. The standard InChI is InChI=1S/C18H16N2/c19-18-8-7-15-13(5-2-6-16(15)18)14-4-1-3-12-9-10-20-11-17(12)14/h1-6,9-11,18H,7-8,19H2. The molecular formula is C18H16N2. The Hall–Kier alpha value is -2.19. The Bertz CT molecular complexity index is 787. The lowest BCUT2D eigenvalue weighted by Crippen LogP contribution is -2.04. The summed E-state index contributed by atoms with van der Waals surface area (Å²) in [4.78, 5) is 4.28. The highest BCUT2D eigenvalue weighted by Crippen LogP contribution is 2.38. The molecule has 0 bridgehead atoms. The van der Waals surface area contributed by atoms with Gasteiger partial charge in [-0.2, -0.15) is 0 Å². The first kappa shape index (κ1) is 11.6. The zero-order valence-electron chi connectivity index (χ0n) is 11.2. The zero-order chi connectivity index (χ0) is 13.5. The van der Waals surface area contributed by atoms with Gasteiger partial charge in [-0.05, 0) is 46.5 Å². The fourth-order valence-corrected chi connectivity index (χ4v) is 3.29. The van der Waals surface area contributed by atoms with Crippen LogP contribution in [-0.2, 0) is 6.42 Å². The van der Waals surface area contributed by atoms with Crippen LogP contribution in [0.25, 0.3) is 21.9 Å². The molecule has 4 rings (SSSR count). The summed E-state index contributed by atoms with van der Waals surface area (Å²) in [6.45, 7) is 0. The maximum atomic E-state index is 6.19. The van der Waals surface area contributed by atoms with Gasteiger partial charge >= 0.3 is 0 Å². The van der Waals surface area contributed by atoms with Crippen LogP contribution in [0.3, 0.4) is 0 Å². The van der Waals surface area contributed by atoms with Gasteiger partial charge in [-0.3, -0.25) is 4.98 Å². The lowest BCUT2D eigenvalue weighted by atomic mass is 9.93. The van der Waals surface area contributed by atoms with Crippen LogP contribution in [0, 0.1) is 0 Å². The first-order valence-corrected chi connectivity index (χ1v) is 7.05. The number of fused-ring (bicyclic) bond motifs is 2.